The van der Waals surface area contributed by atoms with Gasteiger partial charge in [-0.1, -0.05) is 18.2 Å². The fraction of sp³-hybridized carbons (Fsp3) is 0.100. The van der Waals surface area contributed by atoms with Crippen molar-refractivity contribution in [2.75, 3.05) is 12.4 Å². The number of nitriles is 1. The summed E-state index contributed by atoms with van der Waals surface area (Å²) in [5, 5.41) is 15.3. The summed E-state index contributed by atoms with van der Waals surface area (Å²) in [6, 6.07) is 17.9. The Bertz CT molecular complexity index is 936. The van der Waals surface area contributed by atoms with Crippen molar-refractivity contribution in [3.8, 4) is 23.1 Å². The second-order valence-electron chi connectivity index (χ2n) is 5.40. The van der Waals surface area contributed by atoms with E-state index in [-0.39, 0.29) is 0 Å². The largest absolute Gasteiger partial charge is 0.497 e. The van der Waals surface area contributed by atoms with Crippen molar-refractivity contribution < 1.29 is 4.74 Å². The van der Waals surface area contributed by atoms with Gasteiger partial charge in [0.15, 0.2) is 0 Å². The van der Waals surface area contributed by atoms with Crippen LogP contribution in [0.4, 0.5) is 5.69 Å². The van der Waals surface area contributed by atoms with Gasteiger partial charge in [-0.3, -0.25) is 0 Å². The van der Waals surface area contributed by atoms with E-state index in [4.69, 9.17) is 4.74 Å². The van der Waals surface area contributed by atoms with Crippen LogP contribution in [-0.2, 0) is 0 Å². The molecule has 0 radical (unpaired) electrons. The maximum atomic E-state index is 9.47. The van der Waals surface area contributed by atoms with E-state index in [0.29, 0.717) is 10.6 Å². The van der Waals surface area contributed by atoms with Gasteiger partial charge in [-0.25, -0.2) is 4.98 Å². The highest BCUT2D eigenvalue weighted by atomic mass is 32.1. The van der Waals surface area contributed by atoms with Crippen molar-refractivity contribution in [3.63, 3.8) is 0 Å². The van der Waals surface area contributed by atoms with E-state index in [2.05, 4.69) is 16.4 Å². The normalized spacial score (nSPS) is 11.0. The molecule has 0 amide bonds. The number of aromatic nitrogens is 1. The van der Waals surface area contributed by atoms with E-state index in [1.54, 1.807) is 13.3 Å². The summed E-state index contributed by atoms with van der Waals surface area (Å²) in [5.41, 5.74) is 4.44. The number of para-hydroxylation sites is 1. The smallest absolute Gasteiger partial charge is 0.136 e. The molecule has 0 bridgehead atoms. The first kappa shape index (κ1) is 16.7. The predicted molar refractivity (Wildman–Crippen MR) is 102 cm³/mol. The summed E-state index contributed by atoms with van der Waals surface area (Å²) in [7, 11) is 1.64. The highest BCUT2D eigenvalue weighted by Gasteiger charge is 2.09. The van der Waals surface area contributed by atoms with Crippen LogP contribution in [-0.4, -0.2) is 12.1 Å². The minimum Gasteiger partial charge on any atom is -0.497 e. The minimum absolute atomic E-state index is 0.507. The molecule has 124 valence electrons. The lowest BCUT2D eigenvalue weighted by Gasteiger charge is -2.04. The fourth-order valence-electron chi connectivity index (χ4n) is 2.32. The summed E-state index contributed by atoms with van der Waals surface area (Å²) in [6.07, 6.45) is 1.71. The zero-order chi connectivity index (χ0) is 17.6. The maximum Gasteiger partial charge on any atom is 0.136 e. The van der Waals surface area contributed by atoms with E-state index >= 15 is 0 Å². The molecule has 0 aliphatic carbocycles. The van der Waals surface area contributed by atoms with Crippen LogP contribution in [0.5, 0.6) is 5.75 Å². The zero-order valence-electron chi connectivity index (χ0n) is 14.0. The van der Waals surface area contributed by atoms with Crippen molar-refractivity contribution in [1.82, 2.24) is 4.98 Å². The lowest BCUT2D eigenvalue weighted by atomic mass is 10.2. The number of thiazole rings is 1. The number of nitrogens with one attached hydrogen (secondary N) is 1. The molecule has 4 nitrogen and oxygen atoms in total. The molecule has 0 saturated carbocycles. The Morgan fingerprint density at radius 3 is 2.64 bits per heavy atom. The number of ether oxygens (including phenoxy) is 1. The lowest BCUT2D eigenvalue weighted by Crippen LogP contribution is -1.93. The van der Waals surface area contributed by atoms with Gasteiger partial charge in [0.05, 0.1) is 12.8 Å². The molecule has 2 aromatic carbocycles. The number of benzene rings is 2. The van der Waals surface area contributed by atoms with Crippen LogP contribution in [0.15, 0.2) is 60.1 Å². The molecule has 3 rings (SSSR count). The molecule has 0 spiro atoms. The Hall–Kier alpha value is -3.10. The number of nitrogens with zero attached hydrogens (tertiary/aromatic N) is 2. The van der Waals surface area contributed by atoms with Gasteiger partial charge in [0.2, 0.25) is 0 Å². The Balaban J connectivity index is 1.82. The van der Waals surface area contributed by atoms with Gasteiger partial charge >= 0.3 is 0 Å². The number of rotatable bonds is 5. The Morgan fingerprint density at radius 1 is 1.20 bits per heavy atom. The van der Waals surface area contributed by atoms with Crippen molar-refractivity contribution in [1.29, 1.82) is 5.26 Å². The third kappa shape index (κ3) is 3.87. The topological polar surface area (TPSA) is 57.9 Å². The van der Waals surface area contributed by atoms with Crippen molar-refractivity contribution >= 4 is 22.6 Å². The van der Waals surface area contributed by atoms with Gasteiger partial charge in [-0.2, -0.15) is 5.26 Å². The molecule has 0 unspecified atom stereocenters. The van der Waals surface area contributed by atoms with Crippen LogP contribution in [0.2, 0.25) is 0 Å². The van der Waals surface area contributed by atoms with Gasteiger partial charge in [-0.05, 0) is 42.8 Å². The van der Waals surface area contributed by atoms with Crippen LogP contribution >= 0.6 is 11.3 Å². The first-order valence-corrected chi connectivity index (χ1v) is 8.62. The molecule has 0 aliphatic rings. The number of anilines is 1. The van der Waals surface area contributed by atoms with Crippen LogP contribution in [0, 0.1) is 18.3 Å². The molecular weight excluding hydrogens is 330 g/mol. The Labute approximate surface area is 151 Å². The molecule has 25 heavy (non-hydrogen) atoms. The Morgan fingerprint density at radius 2 is 1.96 bits per heavy atom. The second-order valence-corrected chi connectivity index (χ2v) is 6.25. The van der Waals surface area contributed by atoms with Crippen molar-refractivity contribution in [2.24, 2.45) is 0 Å². The van der Waals surface area contributed by atoms with Gasteiger partial charge in [0.25, 0.3) is 0 Å². The van der Waals surface area contributed by atoms with E-state index < -0.39 is 0 Å². The lowest BCUT2D eigenvalue weighted by molar-refractivity contribution is 0.415. The van der Waals surface area contributed by atoms with Crippen LogP contribution in [0.1, 0.15) is 10.6 Å². The average molecular weight is 347 g/mol. The minimum atomic E-state index is 0.507. The van der Waals surface area contributed by atoms with Gasteiger partial charge in [0.1, 0.15) is 22.4 Å². The van der Waals surface area contributed by atoms with Crippen LogP contribution in [0.25, 0.3) is 16.8 Å². The molecule has 5 heteroatoms. The monoisotopic (exact) mass is 347 g/mol. The number of aryl methyl sites for hydroxylation is 1. The molecule has 3 aromatic rings. The predicted octanol–water partition coefficient (Wildman–Crippen LogP) is 5.10. The molecule has 1 N–H and O–H groups in total. The maximum absolute atomic E-state index is 9.47. The first-order valence-electron chi connectivity index (χ1n) is 7.74. The number of allylic oxidation sites excluding steroid dienone is 1. The molecule has 1 aromatic heterocycles. The zero-order valence-corrected chi connectivity index (χ0v) is 14.8. The first-order chi connectivity index (χ1) is 12.2. The molecule has 0 atom stereocenters. The fourth-order valence-corrected chi connectivity index (χ4v) is 3.11. The van der Waals surface area contributed by atoms with E-state index in [1.807, 2.05) is 60.8 Å². The van der Waals surface area contributed by atoms with Crippen LogP contribution in [0.3, 0.4) is 0 Å². The SMILES string of the molecule is COc1ccc(-c2csc(C(C#N)=CNc3ccccc3C)n2)cc1. The standard InChI is InChI=1S/C20H17N3OS/c1-14-5-3-4-6-18(14)22-12-16(11-21)20-23-19(13-25-20)15-7-9-17(24-2)10-8-15/h3-10,12-13,22H,1-2H3. The molecule has 0 fully saturated rings. The molecular formula is C20H17N3OS. The van der Waals surface area contributed by atoms with Gasteiger partial charge in [-0.15, -0.1) is 11.3 Å². The number of hydrogen-bond acceptors (Lipinski definition) is 5. The molecule has 0 saturated heterocycles. The Kier molecular flexibility index (Phi) is 5.12. The summed E-state index contributed by atoms with van der Waals surface area (Å²) < 4.78 is 5.17. The third-order valence-corrected chi connectivity index (χ3v) is 4.63. The summed E-state index contributed by atoms with van der Waals surface area (Å²) >= 11 is 1.45. The van der Waals surface area contributed by atoms with E-state index in [1.165, 1.54) is 11.3 Å². The summed E-state index contributed by atoms with van der Waals surface area (Å²) in [6.45, 7) is 2.02. The van der Waals surface area contributed by atoms with Crippen molar-refractivity contribution in [3.05, 3.63) is 70.7 Å². The molecule has 0 aliphatic heterocycles. The third-order valence-electron chi connectivity index (χ3n) is 3.76. The highest BCUT2D eigenvalue weighted by Crippen LogP contribution is 2.27. The quantitative estimate of drug-likeness (QED) is 0.652. The van der Waals surface area contributed by atoms with E-state index in [9.17, 15) is 5.26 Å². The second kappa shape index (κ2) is 7.65. The number of methoxy groups -OCH3 is 1. The summed E-state index contributed by atoms with van der Waals surface area (Å²) in [5.74, 6) is 0.805. The van der Waals surface area contributed by atoms with E-state index in [0.717, 1.165) is 28.3 Å². The highest BCUT2D eigenvalue weighted by molar-refractivity contribution is 7.11. The van der Waals surface area contributed by atoms with Gasteiger partial charge in [0, 0.05) is 22.8 Å². The molecule has 1 heterocycles. The van der Waals surface area contributed by atoms with Crippen molar-refractivity contribution in [2.45, 2.75) is 6.92 Å². The van der Waals surface area contributed by atoms with Gasteiger partial charge < -0.3 is 10.1 Å². The van der Waals surface area contributed by atoms with Crippen LogP contribution < -0.4 is 10.1 Å². The summed E-state index contributed by atoms with van der Waals surface area (Å²) in [4.78, 5) is 4.59. The average Bonchev–Trinajstić information content (AvgIpc) is 3.14. The number of hydrogen-bond donors (Lipinski definition) is 1.